The molecule has 2 aromatic carbocycles. The number of nitrogens with zero attached hydrogens (tertiary/aromatic N) is 4. The number of pyridine rings is 2. The van der Waals surface area contributed by atoms with Crippen LogP contribution in [-0.4, -0.2) is 32.4 Å². The summed E-state index contributed by atoms with van der Waals surface area (Å²) < 4.78 is 3.98. The van der Waals surface area contributed by atoms with Crippen molar-refractivity contribution in [3.8, 4) is 16.8 Å². The molecule has 5 rings (SSSR count). The predicted molar refractivity (Wildman–Crippen MR) is 121 cm³/mol. The van der Waals surface area contributed by atoms with Gasteiger partial charge in [-0.25, -0.2) is 4.40 Å². The zero-order chi connectivity index (χ0) is 22.1. The molecule has 32 heavy (non-hydrogen) atoms. The fourth-order valence-corrected chi connectivity index (χ4v) is 3.83. The average molecular weight is 424 g/mol. The number of fused-ring (bicyclic) bond motifs is 3. The maximum atomic E-state index is 11.3. The number of amides is 1. The van der Waals surface area contributed by atoms with E-state index in [1.54, 1.807) is 0 Å². The van der Waals surface area contributed by atoms with Gasteiger partial charge in [0.25, 0.3) is 11.5 Å². The maximum Gasteiger partial charge on any atom is 0.280 e. The van der Waals surface area contributed by atoms with Crippen molar-refractivity contribution in [3.05, 3.63) is 90.5 Å². The molecule has 0 aliphatic rings. The Hall–Kier alpha value is -4.10. The van der Waals surface area contributed by atoms with Gasteiger partial charge in [-0.1, -0.05) is 47.1 Å². The largest absolute Gasteiger partial charge is 0.387 e. The van der Waals surface area contributed by atoms with Crippen molar-refractivity contribution in [1.29, 1.82) is 0 Å². The number of aliphatic hydroxyl groups is 1. The lowest BCUT2D eigenvalue weighted by atomic mass is 10.1. The van der Waals surface area contributed by atoms with Gasteiger partial charge in [0.05, 0.1) is 17.1 Å². The highest BCUT2D eigenvalue weighted by Gasteiger charge is 2.21. The number of aryl methyl sites for hydroxylation is 1. The van der Waals surface area contributed by atoms with E-state index >= 15 is 0 Å². The number of hydrogen-bond donors (Lipinski definition) is 2. The summed E-state index contributed by atoms with van der Waals surface area (Å²) in [6, 6.07) is 22.2. The van der Waals surface area contributed by atoms with Crippen LogP contribution >= 0.6 is 0 Å². The third-order valence-corrected chi connectivity index (χ3v) is 5.48. The van der Waals surface area contributed by atoms with Crippen LogP contribution in [0, 0.1) is 6.92 Å². The van der Waals surface area contributed by atoms with Crippen molar-refractivity contribution in [2.24, 2.45) is 0 Å². The molecule has 0 spiro atoms. The molecular formula is C25H22N5O2+. The Morgan fingerprint density at radius 1 is 1.06 bits per heavy atom. The minimum atomic E-state index is -0.514. The number of carbonyl (C=O) groups excluding carboxylic acids is 1. The number of rotatable bonds is 5. The van der Waals surface area contributed by atoms with E-state index < -0.39 is 12.5 Å². The van der Waals surface area contributed by atoms with E-state index in [9.17, 15) is 4.79 Å². The number of hydrogen-bond acceptors (Lipinski definition) is 4. The lowest BCUT2D eigenvalue weighted by molar-refractivity contribution is -0.519. The molecule has 5 aromatic rings. The monoisotopic (exact) mass is 424 g/mol. The summed E-state index contributed by atoms with van der Waals surface area (Å²) in [4.78, 5) is 16.0. The van der Waals surface area contributed by atoms with E-state index in [1.807, 2.05) is 72.5 Å². The van der Waals surface area contributed by atoms with Crippen LogP contribution < -0.4 is 9.72 Å². The third kappa shape index (κ3) is 3.59. The van der Waals surface area contributed by atoms with Gasteiger partial charge in [0.15, 0.2) is 0 Å². The molecule has 0 fully saturated rings. The molecule has 0 atom stereocenters. The van der Waals surface area contributed by atoms with E-state index in [0.717, 1.165) is 44.8 Å². The number of benzene rings is 2. The molecule has 0 saturated heterocycles. The predicted octanol–water partition coefficient (Wildman–Crippen LogP) is 2.74. The van der Waals surface area contributed by atoms with Crippen molar-refractivity contribution in [2.45, 2.75) is 13.5 Å². The zero-order valence-corrected chi connectivity index (χ0v) is 17.6. The van der Waals surface area contributed by atoms with Gasteiger partial charge in [-0.2, -0.15) is 0 Å². The number of aromatic nitrogens is 4. The molecule has 0 radical (unpaired) electrons. The maximum absolute atomic E-state index is 11.3. The van der Waals surface area contributed by atoms with Gasteiger partial charge in [-0.3, -0.25) is 9.78 Å². The van der Waals surface area contributed by atoms with E-state index in [2.05, 4.69) is 27.9 Å². The van der Waals surface area contributed by atoms with Crippen LogP contribution in [0.25, 0.3) is 33.4 Å². The molecule has 0 saturated carbocycles. The Morgan fingerprint density at radius 3 is 2.59 bits per heavy atom. The quantitative estimate of drug-likeness (QED) is 0.425. The molecule has 158 valence electrons. The molecular weight excluding hydrogens is 402 g/mol. The van der Waals surface area contributed by atoms with Crippen LogP contribution in [0.5, 0.6) is 0 Å². The molecule has 0 aliphatic carbocycles. The van der Waals surface area contributed by atoms with Crippen molar-refractivity contribution in [1.82, 2.24) is 20.1 Å². The normalized spacial score (nSPS) is 11.2. The summed E-state index contributed by atoms with van der Waals surface area (Å²) in [6.45, 7) is 1.82. The Labute approximate surface area is 184 Å². The number of carbonyl (C=O) groups is 1. The van der Waals surface area contributed by atoms with Gasteiger partial charge in [0, 0.05) is 30.3 Å². The van der Waals surface area contributed by atoms with Gasteiger partial charge >= 0.3 is 0 Å². The highest BCUT2D eigenvalue weighted by Crippen LogP contribution is 2.25. The molecule has 0 bridgehead atoms. The number of nitrogens with one attached hydrogen (secondary N) is 1. The Kier molecular flexibility index (Phi) is 5.09. The second kappa shape index (κ2) is 8.20. The lowest BCUT2D eigenvalue weighted by Crippen LogP contribution is -2.25. The van der Waals surface area contributed by atoms with Crippen LogP contribution in [0.15, 0.2) is 79.1 Å². The second-order valence-electron chi connectivity index (χ2n) is 7.59. The fourth-order valence-electron chi connectivity index (χ4n) is 3.83. The minimum absolute atomic E-state index is 0.362. The van der Waals surface area contributed by atoms with Crippen LogP contribution in [-0.2, 0) is 11.3 Å². The standard InChI is InChI=1S/C25H21N5O2/c1-17-28-30(21-9-7-18(8-10-21)14-27-24(32)16-31)25-22-13-20(19-5-3-2-4-6-19)15-26-23(22)11-12-29(17)25/h2-13,15,31H,14,16H2,1H3/p+1. The Balaban J connectivity index is 1.62. The summed E-state index contributed by atoms with van der Waals surface area (Å²) >= 11 is 0. The molecule has 7 nitrogen and oxygen atoms in total. The first-order chi connectivity index (χ1) is 15.6. The first-order valence-corrected chi connectivity index (χ1v) is 10.4. The molecule has 1 amide bonds. The lowest BCUT2D eigenvalue weighted by Gasteiger charge is -2.05. The summed E-state index contributed by atoms with van der Waals surface area (Å²) in [6.07, 6.45) is 3.89. The summed E-state index contributed by atoms with van der Waals surface area (Å²) in [5.41, 5.74) is 5.84. The highest BCUT2D eigenvalue weighted by atomic mass is 16.3. The molecule has 0 aliphatic heterocycles. The van der Waals surface area contributed by atoms with E-state index in [1.165, 1.54) is 0 Å². The highest BCUT2D eigenvalue weighted by molar-refractivity contribution is 5.92. The minimum Gasteiger partial charge on any atom is -0.387 e. The van der Waals surface area contributed by atoms with Crippen molar-refractivity contribution in [3.63, 3.8) is 0 Å². The van der Waals surface area contributed by atoms with Crippen molar-refractivity contribution < 1.29 is 14.3 Å². The van der Waals surface area contributed by atoms with Crippen LogP contribution in [0.3, 0.4) is 0 Å². The first kappa shape index (κ1) is 19.8. The molecule has 3 aromatic heterocycles. The SMILES string of the molecule is Cc1nn(-c2ccc(CNC(=O)CO)cc2)c2c3cc(-c4ccccc4)cnc3cc[n+]12. The van der Waals surface area contributed by atoms with Crippen LogP contribution in [0.2, 0.25) is 0 Å². The summed E-state index contributed by atoms with van der Waals surface area (Å²) in [5.74, 6) is 0.471. The first-order valence-electron chi connectivity index (χ1n) is 10.4. The summed E-state index contributed by atoms with van der Waals surface area (Å²) in [5, 5.41) is 17.3. The smallest absolute Gasteiger partial charge is 0.280 e. The van der Waals surface area contributed by atoms with Gasteiger partial charge in [0.2, 0.25) is 5.91 Å². The zero-order valence-electron chi connectivity index (χ0n) is 17.6. The van der Waals surface area contributed by atoms with Crippen LogP contribution in [0.4, 0.5) is 0 Å². The molecule has 2 N–H and O–H groups in total. The van der Waals surface area contributed by atoms with Crippen molar-refractivity contribution in [2.75, 3.05) is 6.61 Å². The summed E-state index contributed by atoms with van der Waals surface area (Å²) in [7, 11) is 0. The average Bonchev–Trinajstić information content (AvgIpc) is 3.20. The van der Waals surface area contributed by atoms with Crippen LogP contribution in [0.1, 0.15) is 11.4 Å². The molecule has 0 unspecified atom stereocenters. The van der Waals surface area contributed by atoms with Gasteiger partial charge in [-0.15, -0.1) is 0 Å². The van der Waals surface area contributed by atoms with E-state index in [4.69, 9.17) is 15.2 Å². The Bertz CT molecular complexity index is 1430. The number of aliphatic hydroxyl groups excluding tert-OH is 1. The Morgan fingerprint density at radius 2 is 1.84 bits per heavy atom. The van der Waals surface area contributed by atoms with E-state index in [0.29, 0.717) is 6.54 Å². The van der Waals surface area contributed by atoms with Crippen molar-refractivity contribution >= 4 is 22.5 Å². The van der Waals surface area contributed by atoms with Gasteiger partial charge in [0.1, 0.15) is 12.3 Å². The molecule has 3 heterocycles. The topological polar surface area (TPSA) is 84.1 Å². The second-order valence-corrected chi connectivity index (χ2v) is 7.59. The molecule has 7 heteroatoms. The van der Waals surface area contributed by atoms with E-state index in [-0.39, 0.29) is 0 Å². The third-order valence-electron chi connectivity index (χ3n) is 5.48. The fraction of sp³-hybridized carbons (Fsp3) is 0.120. The van der Waals surface area contributed by atoms with Gasteiger partial charge in [-0.05, 0) is 35.4 Å². The van der Waals surface area contributed by atoms with Gasteiger partial charge < -0.3 is 10.4 Å².